The fourth-order valence-corrected chi connectivity index (χ4v) is 4.01. The number of carbonyl (C=O) groups is 2. The summed E-state index contributed by atoms with van der Waals surface area (Å²) in [4.78, 5) is 29.8. The molecule has 5 rings (SSSR count). The van der Waals surface area contributed by atoms with Gasteiger partial charge in [-0.2, -0.15) is 0 Å². The monoisotopic (exact) mass is 412 g/mol. The Morgan fingerprint density at radius 1 is 1.00 bits per heavy atom. The normalized spacial score (nSPS) is 17.3. The first-order valence-electron chi connectivity index (χ1n) is 10.0. The van der Waals surface area contributed by atoms with Crippen LogP contribution in [-0.4, -0.2) is 32.4 Å². The van der Waals surface area contributed by atoms with E-state index in [0.29, 0.717) is 29.0 Å². The van der Waals surface area contributed by atoms with Crippen LogP contribution in [0.1, 0.15) is 38.0 Å². The van der Waals surface area contributed by atoms with Crippen LogP contribution in [0.3, 0.4) is 0 Å². The van der Waals surface area contributed by atoms with Crippen LogP contribution in [0.15, 0.2) is 79.1 Å². The van der Waals surface area contributed by atoms with Crippen LogP contribution in [0.2, 0.25) is 0 Å². The SMILES string of the molecule is O=C(NC1c2ccccc2CC1O)c1cccc(NC(=O)c2cnc3ccccn23)c1. The molecule has 1 aliphatic carbocycles. The number of anilines is 1. The van der Waals surface area contributed by atoms with Crippen molar-refractivity contribution < 1.29 is 14.7 Å². The van der Waals surface area contributed by atoms with Crippen molar-refractivity contribution in [3.63, 3.8) is 0 Å². The third-order valence-corrected chi connectivity index (χ3v) is 5.52. The molecule has 0 bridgehead atoms. The fourth-order valence-electron chi connectivity index (χ4n) is 4.01. The fraction of sp³-hybridized carbons (Fsp3) is 0.125. The van der Waals surface area contributed by atoms with E-state index < -0.39 is 12.1 Å². The molecule has 154 valence electrons. The van der Waals surface area contributed by atoms with Gasteiger partial charge in [0, 0.05) is 23.9 Å². The molecule has 0 spiro atoms. The van der Waals surface area contributed by atoms with Crippen LogP contribution >= 0.6 is 0 Å². The van der Waals surface area contributed by atoms with E-state index in [1.807, 2.05) is 42.5 Å². The summed E-state index contributed by atoms with van der Waals surface area (Å²) in [5.74, 6) is -0.636. The van der Waals surface area contributed by atoms with Crippen LogP contribution < -0.4 is 10.6 Å². The summed E-state index contributed by atoms with van der Waals surface area (Å²) in [6.07, 6.45) is 3.13. The highest BCUT2D eigenvalue weighted by atomic mass is 16.3. The quantitative estimate of drug-likeness (QED) is 0.480. The zero-order valence-electron chi connectivity index (χ0n) is 16.5. The van der Waals surface area contributed by atoms with E-state index in [9.17, 15) is 14.7 Å². The minimum atomic E-state index is -0.667. The van der Waals surface area contributed by atoms with Gasteiger partial charge in [-0.3, -0.25) is 14.0 Å². The molecule has 2 unspecified atom stereocenters. The van der Waals surface area contributed by atoms with Crippen LogP contribution in [-0.2, 0) is 6.42 Å². The number of nitrogens with one attached hydrogen (secondary N) is 2. The van der Waals surface area contributed by atoms with Crippen molar-refractivity contribution in [1.29, 1.82) is 0 Å². The molecule has 31 heavy (non-hydrogen) atoms. The molecule has 2 aromatic carbocycles. The summed E-state index contributed by atoms with van der Waals surface area (Å²) in [6.45, 7) is 0. The van der Waals surface area contributed by atoms with Crippen molar-refractivity contribution in [1.82, 2.24) is 14.7 Å². The molecule has 0 aliphatic heterocycles. The molecule has 2 heterocycles. The zero-order chi connectivity index (χ0) is 21.4. The number of hydrogen-bond acceptors (Lipinski definition) is 4. The first kappa shape index (κ1) is 19.0. The zero-order valence-corrected chi connectivity index (χ0v) is 16.5. The predicted molar refractivity (Wildman–Crippen MR) is 116 cm³/mol. The lowest BCUT2D eigenvalue weighted by Gasteiger charge is -2.18. The lowest BCUT2D eigenvalue weighted by atomic mass is 10.1. The highest BCUT2D eigenvalue weighted by molar-refractivity contribution is 6.04. The number of nitrogens with zero attached hydrogens (tertiary/aromatic N) is 2. The molecule has 0 radical (unpaired) electrons. The Labute approximate surface area is 178 Å². The molecule has 1 aliphatic rings. The Morgan fingerprint density at radius 2 is 1.84 bits per heavy atom. The van der Waals surface area contributed by atoms with Crippen LogP contribution in [0.4, 0.5) is 5.69 Å². The van der Waals surface area contributed by atoms with Gasteiger partial charge in [0.25, 0.3) is 11.8 Å². The Morgan fingerprint density at radius 3 is 2.74 bits per heavy atom. The average molecular weight is 412 g/mol. The maximum Gasteiger partial charge on any atom is 0.274 e. The molecular weight excluding hydrogens is 392 g/mol. The molecule has 2 amide bonds. The standard InChI is InChI=1S/C24H20N4O3/c29-20-13-15-6-1-2-9-18(15)22(20)27-23(30)16-7-5-8-17(12-16)26-24(31)19-14-25-21-10-3-4-11-28(19)21/h1-12,14,20,22,29H,13H2,(H,26,31)(H,27,30). The van der Waals surface area contributed by atoms with Crippen molar-refractivity contribution in [3.8, 4) is 0 Å². The summed E-state index contributed by atoms with van der Waals surface area (Å²) in [5.41, 5.74) is 3.94. The van der Waals surface area contributed by atoms with Crippen molar-refractivity contribution >= 4 is 23.1 Å². The number of fused-ring (bicyclic) bond motifs is 2. The summed E-state index contributed by atoms with van der Waals surface area (Å²) >= 11 is 0. The Kier molecular flexibility index (Phi) is 4.72. The number of pyridine rings is 1. The van der Waals surface area contributed by atoms with Crippen molar-refractivity contribution in [2.45, 2.75) is 18.6 Å². The summed E-state index contributed by atoms with van der Waals surface area (Å²) < 4.78 is 1.70. The average Bonchev–Trinajstić information content (AvgIpc) is 3.35. The second-order valence-electron chi connectivity index (χ2n) is 7.53. The van der Waals surface area contributed by atoms with Gasteiger partial charge in [-0.25, -0.2) is 4.98 Å². The number of aromatic nitrogens is 2. The van der Waals surface area contributed by atoms with Crippen molar-refractivity contribution in [2.75, 3.05) is 5.32 Å². The Balaban J connectivity index is 1.33. The largest absolute Gasteiger partial charge is 0.390 e. The third kappa shape index (κ3) is 3.55. The molecule has 2 atom stereocenters. The molecule has 2 aromatic heterocycles. The van der Waals surface area contributed by atoms with Gasteiger partial charge in [-0.1, -0.05) is 36.4 Å². The third-order valence-electron chi connectivity index (χ3n) is 5.52. The summed E-state index contributed by atoms with van der Waals surface area (Å²) in [6, 6.07) is 19.4. The van der Waals surface area contributed by atoms with E-state index >= 15 is 0 Å². The number of rotatable bonds is 4. The van der Waals surface area contributed by atoms with E-state index in [1.54, 1.807) is 34.9 Å². The van der Waals surface area contributed by atoms with Crippen molar-refractivity contribution in [2.24, 2.45) is 0 Å². The number of aliphatic hydroxyl groups excluding tert-OH is 1. The summed E-state index contributed by atoms with van der Waals surface area (Å²) in [5, 5.41) is 16.1. The maximum absolute atomic E-state index is 12.8. The lowest BCUT2D eigenvalue weighted by Crippen LogP contribution is -2.33. The number of imidazole rings is 1. The maximum atomic E-state index is 12.8. The number of hydrogen-bond donors (Lipinski definition) is 3. The van der Waals surface area contributed by atoms with Crippen LogP contribution in [0, 0.1) is 0 Å². The second kappa shape index (κ2) is 7.70. The topological polar surface area (TPSA) is 95.7 Å². The predicted octanol–water partition coefficient (Wildman–Crippen LogP) is 2.97. The van der Waals surface area contributed by atoms with Gasteiger partial charge in [0.05, 0.1) is 18.3 Å². The van der Waals surface area contributed by atoms with Gasteiger partial charge in [-0.05, 0) is 41.5 Å². The van der Waals surface area contributed by atoms with Gasteiger partial charge in [0.2, 0.25) is 0 Å². The van der Waals surface area contributed by atoms with E-state index in [1.165, 1.54) is 6.20 Å². The highest BCUT2D eigenvalue weighted by Gasteiger charge is 2.32. The minimum Gasteiger partial charge on any atom is -0.390 e. The highest BCUT2D eigenvalue weighted by Crippen LogP contribution is 2.31. The number of benzene rings is 2. The molecule has 0 saturated heterocycles. The molecule has 0 saturated carbocycles. The van der Waals surface area contributed by atoms with Gasteiger partial charge in [-0.15, -0.1) is 0 Å². The van der Waals surface area contributed by atoms with Gasteiger partial charge >= 0.3 is 0 Å². The van der Waals surface area contributed by atoms with Crippen LogP contribution in [0.5, 0.6) is 0 Å². The van der Waals surface area contributed by atoms with E-state index in [4.69, 9.17) is 0 Å². The number of carbonyl (C=O) groups excluding carboxylic acids is 2. The van der Waals surface area contributed by atoms with Gasteiger partial charge in [0.1, 0.15) is 11.3 Å². The minimum absolute atomic E-state index is 0.313. The summed E-state index contributed by atoms with van der Waals surface area (Å²) in [7, 11) is 0. The molecular formula is C24H20N4O3. The van der Waals surface area contributed by atoms with E-state index in [2.05, 4.69) is 15.6 Å². The molecule has 3 N–H and O–H groups in total. The van der Waals surface area contributed by atoms with E-state index in [-0.39, 0.29) is 11.8 Å². The van der Waals surface area contributed by atoms with E-state index in [0.717, 1.165) is 11.1 Å². The molecule has 7 heteroatoms. The number of amides is 2. The molecule has 4 aromatic rings. The smallest absolute Gasteiger partial charge is 0.274 e. The van der Waals surface area contributed by atoms with Crippen molar-refractivity contribution in [3.05, 3.63) is 102 Å². The first-order chi connectivity index (χ1) is 15.1. The Bertz CT molecular complexity index is 1300. The second-order valence-corrected chi connectivity index (χ2v) is 7.53. The lowest BCUT2D eigenvalue weighted by molar-refractivity contribution is 0.0858. The Hall–Kier alpha value is -3.97. The molecule has 0 fully saturated rings. The first-order valence-corrected chi connectivity index (χ1v) is 10.0. The molecule has 7 nitrogen and oxygen atoms in total. The van der Waals surface area contributed by atoms with Gasteiger partial charge < -0.3 is 15.7 Å². The number of aliphatic hydroxyl groups is 1. The van der Waals surface area contributed by atoms with Gasteiger partial charge in [0.15, 0.2) is 0 Å². The van der Waals surface area contributed by atoms with Crippen LogP contribution in [0.25, 0.3) is 5.65 Å².